The van der Waals surface area contributed by atoms with E-state index in [1.165, 1.54) is 17.0 Å². The van der Waals surface area contributed by atoms with Crippen LogP contribution in [0, 0.1) is 5.82 Å². The molecular weight excluding hydrogens is 341 g/mol. The molecule has 2 aromatic rings. The summed E-state index contributed by atoms with van der Waals surface area (Å²) in [5.41, 5.74) is 1.24. The molecule has 2 aromatic carbocycles. The second-order valence-electron chi connectivity index (χ2n) is 7.65. The SMILES string of the molecule is CC1(c2ccc(Cl)cc2)CC(C)(C)N2C(=O)C(=O)c3cc(F)cc1c32. The zero-order valence-corrected chi connectivity index (χ0v) is 14.9. The highest BCUT2D eigenvalue weighted by atomic mass is 35.5. The Morgan fingerprint density at radius 1 is 1.08 bits per heavy atom. The van der Waals surface area contributed by atoms with E-state index in [1.807, 2.05) is 32.9 Å². The topological polar surface area (TPSA) is 37.4 Å². The number of carbonyl (C=O) groups is 2. The first kappa shape index (κ1) is 16.3. The Labute approximate surface area is 150 Å². The molecule has 0 radical (unpaired) electrons. The van der Waals surface area contributed by atoms with Crippen LogP contribution in [0.25, 0.3) is 0 Å². The maximum Gasteiger partial charge on any atom is 0.299 e. The first-order valence-electron chi connectivity index (χ1n) is 8.14. The molecule has 3 nitrogen and oxygen atoms in total. The van der Waals surface area contributed by atoms with E-state index in [1.54, 1.807) is 12.1 Å². The van der Waals surface area contributed by atoms with Gasteiger partial charge in [0.15, 0.2) is 0 Å². The smallest absolute Gasteiger partial charge is 0.299 e. The molecule has 0 bridgehead atoms. The summed E-state index contributed by atoms with van der Waals surface area (Å²) in [4.78, 5) is 26.5. The number of hydrogen-bond acceptors (Lipinski definition) is 2. The van der Waals surface area contributed by atoms with Crippen molar-refractivity contribution in [2.45, 2.75) is 38.1 Å². The molecule has 2 aliphatic heterocycles. The molecule has 0 aromatic heterocycles. The lowest BCUT2D eigenvalue weighted by Crippen LogP contribution is -2.54. The summed E-state index contributed by atoms with van der Waals surface area (Å²) in [6, 6.07) is 10.1. The number of amides is 1. The van der Waals surface area contributed by atoms with Crippen LogP contribution in [0.4, 0.5) is 10.1 Å². The summed E-state index contributed by atoms with van der Waals surface area (Å²) in [6.45, 7) is 5.90. The van der Waals surface area contributed by atoms with Crippen molar-refractivity contribution in [1.82, 2.24) is 0 Å². The minimum Gasteiger partial charge on any atom is -0.299 e. The number of rotatable bonds is 1. The maximum absolute atomic E-state index is 14.3. The molecule has 2 heterocycles. The average molecular weight is 358 g/mol. The van der Waals surface area contributed by atoms with Crippen molar-refractivity contribution in [3.63, 3.8) is 0 Å². The van der Waals surface area contributed by atoms with E-state index >= 15 is 0 Å². The molecule has 1 unspecified atom stereocenters. The van der Waals surface area contributed by atoms with Crippen LogP contribution in [0.2, 0.25) is 5.02 Å². The predicted octanol–water partition coefficient (Wildman–Crippen LogP) is 4.50. The lowest BCUT2D eigenvalue weighted by Gasteiger charge is -2.49. The monoisotopic (exact) mass is 357 g/mol. The number of anilines is 1. The Morgan fingerprint density at radius 2 is 1.72 bits per heavy atom. The first-order valence-corrected chi connectivity index (χ1v) is 8.52. The minimum atomic E-state index is -0.635. The van der Waals surface area contributed by atoms with Crippen molar-refractivity contribution < 1.29 is 14.0 Å². The van der Waals surface area contributed by atoms with E-state index in [9.17, 15) is 14.0 Å². The molecular formula is C20H17ClFNO2. The zero-order chi connectivity index (χ0) is 18.1. The fraction of sp³-hybridized carbons (Fsp3) is 0.300. The first-order chi connectivity index (χ1) is 11.6. The van der Waals surface area contributed by atoms with E-state index in [-0.39, 0.29) is 5.56 Å². The van der Waals surface area contributed by atoms with Gasteiger partial charge in [-0.2, -0.15) is 0 Å². The predicted molar refractivity (Wildman–Crippen MR) is 94.8 cm³/mol. The van der Waals surface area contributed by atoms with Crippen LogP contribution in [0.3, 0.4) is 0 Å². The molecule has 0 spiro atoms. The molecule has 2 aliphatic rings. The number of halogens is 2. The Balaban J connectivity index is 2.06. The molecule has 1 amide bonds. The molecule has 0 N–H and O–H groups in total. The number of Topliss-reactive ketones (excluding diaryl/α,β-unsaturated/α-hetero) is 1. The van der Waals surface area contributed by atoms with E-state index in [0.717, 1.165) is 5.56 Å². The molecule has 128 valence electrons. The van der Waals surface area contributed by atoms with Crippen molar-refractivity contribution in [1.29, 1.82) is 0 Å². The molecule has 0 aliphatic carbocycles. The lowest BCUT2D eigenvalue weighted by molar-refractivity contribution is -0.115. The largest absolute Gasteiger partial charge is 0.299 e. The lowest BCUT2D eigenvalue weighted by atomic mass is 9.65. The van der Waals surface area contributed by atoms with E-state index < -0.39 is 28.5 Å². The van der Waals surface area contributed by atoms with Gasteiger partial charge in [0.1, 0.15) is 5.82 Å². The number of benzene rings is 2. The number of carbonyl (C=O) groups excluding carboxylic acids is 2. The van der Waals surface area contributed by atoms with Crippen LogP contribution in [0.1, 0.15) is 48.7 Å². The summed E-state index contributed by atoms with van der Waals surface area (Å²) >= 11 is 6.02. The van der Waals surface area contributed by atoms with Gasteiger partial charge in [0, 0.05) is 16.0 Å². The molecule has 1 atom stereocenters. The van der Waals surface area contributed by atoms with Crippen LogP contribution >= 0.6 is 11.6 Å². The van der Waals surface area contributed by atoms with E-state index in [4.69, 9.17) is 11.6 Å². The van der Waals surface area contributed by atoms with Crippen molar-refractivity contribution in [3.8, 4) is 0 Å². The van der Waals surface area contributed by atoms with Crippen molar-refractivity contribution in [2.24, 2.45) is 0 Å². The van der Waals surface area contributed by atoms with Gasteiger partial charge < -0.3 is 0 Å². The average Bonchev–Trinajstić information content (AvgIpc) is 2.78. The highest BCUT2D eigenvalue weighted by Crippen LogP contribution is 2.54. The van der Waals surface area contributed by atoms with Gasteiger partial charge in [0.05, 0.1) is 11.3 Å². The molecule has 25 heavy (non-hydrogen) atoms. The molecule has 4 rings (SSSR count). The van der Waals surface area contributed by atoms with E-state index in [0.29, 0.717) is 22.7 Å². The Bertz CT molecular complexity index is 935. The fourth-order valence-corrected chi connectivity index (χ4v) is 4.57. The van der Waals surface area contributed by atoms with Crippen molar-refractivity contribution in [2.75, 3.05) is 4.90 Å². The normalized spacial score (nSPS) is 23.8. The van der Waals surface area contributed by atoms with Gasteiger partial charge in [-0.15, -0.1) is 0 Å². The highest BCUT2D eigenvalue weighted by Gasteiger charge is 2.54. The summed E-state index contributed by atoms with van der Waals surface area (Å²) in [7, 11) is 0. The zero-order valence-electron chi connectivity index (χ0n) is 14.2. The molecule has 5 heteroatoms. The van der Waals surface area contributed by atoms with Gasteiger partial charge in [0.2, 0.25) is 0 Å². The molecule has 0 saturated heterocycles. The van der Waals surface area contributed by atoms with Crippen LogP contribution < -0.4 is 4.90 Å². The third-order valence-electron chi connectivity index (χ3n) is 5.41. The second-order valence-corrected chi connectivity index (χ2v) is 8.08. The van der Waals surface area contributed by atoms with Crippen LogP contribution in [-0.4, -0.2) is 17.2 Å². The summed E-state index contributed by atoms with van der Waals surface area (Å²) < 4.78 is 14.3. The second kappa shape index (κ2) is 4.92. The Morgan fingerprint density at radius 3 is 2.36 bits per heavy atom. The molecule has 0 saturated carbocycles. The molecule has 0 fully saturated rings. The summed E-state index contributed by atoms with van der Waals surface area (Å²) in [5.74, 6) is -1.72. The quantitative estimate of drug-likeness (QED) is 0.705. The fourth-order valence-electron chi connectivity index (χ4n) is 4.44. The highest BCUT2D eigenvalue weighted by molar-refractivity contribution is 6.53. The standard InChI is InChI=1S/C20H17ClFNO2/c1-19(2)10-20(3,11-4-6-12(21)7-5-11)15-9-13(22)8-14-16(15)23(19)18(25)17(14)24/h4-9H,10H2,1-3H3. The van der Waals surface area contributed by atoms with Crippen molar-refractivity contribution >= 4 is 29.0 Å². The number of nitrogens with zero attached hydrogens (tertiary/aromatic N) is 1. The number of ketones is 1. The number of hydrogen-bond donors (Lipinski definition) is 0. The third-order valence-corrected chi connectivity index (χ3v) is 5.66. The van der Waals surface area contributed by atoms with Crippen molar-refractivity contribution in [3.05, 3.63) is 63.9 Å². The van der Waals surface area contributed by atoms with Crippen LogP contribution in [-0.2, 0) is 10.2 Å². The van der Waals surface area contributed by atoms with Gasteiger partial charge in [-0.3, -0.25) is 14.5 Å². The third kappa shape index (κ3) is 2.10. The van der Waals surface area contributed by atoms with Crippen LogP contribution in [0.15, 0.2) is 36.4 Å². The van der Waals surface area contributed by atoms with Gasteiger partial charge in [0.25, 0.3) is 11.7 Å². The minimum absolute atomic E-state index is 0.160. The Hall–Kier alpha value is -2.20. The summed E-state index contributed by atoms with van der Waals surface area (Å²) in [6.07, 6.45) is 0.566. The van der Waals surface area contributed by atoms with Crippen LogP contribution in [0.5, 0.6) is 0 Å². The van der Waals surface area contributed by atoms with Gasteiger partial charge >= 0.3 is 0 Å². The van der Waals surface area contributed by atoms with Gasteiger partial charge in [-0.1, -0.05) is 30.7 Å². The maximum atomic E-state index is 14.3. The van der Waals surface area contributed by atoms with Gasteiger partial charge in [-0.05, 0) is 55.7 Å². The van der Waals surface area contributed by atoms with E-state index in [2.05, 4.69) is 0 Å². The Kier molecular flexibility index (Phi) is 3.20. The summed E-state index contributed by atoms with van der Waals surface area (Å²) in [5, 5.41) is 0.624. The van der Waals surface area contributed by atoms with Gasteiger partial charge in [-0.25, -0.2) is 4.39 Å².